The molecule has 0 fully saturated rings. The molecule has 2 aromatic rings. The number of benzene rings is 2. The molecule has 0 unspecified atom stereocenters. The van der Waals surface area contributed by atoms with Crippen LogP contribution in [0.3, 0.4) is 0 Å². The predicted octanol–water partition coefficient (Wildman–Crippen LogP) is 3.89. The molecule has 19 heavy (non-hydrogen) atoms. The molecule has 1 amide bonds. The fourth-order valence-electron chi connectivity index (χ4n) is 1.89. The fraction of sp³-hybridized carbons (Fsp3) is 0.188. The van der Waals surface area contributed by atoms with Crippen LogP contribution in [0.2, 0.25) is 5.02 Å². The number of hydrogen-bond donors (Lipinski definition) is 1. The van der Waals surface area contributed by atoms with E-state index in [1.54, 1.807) is 0 Å². The van der Waals surface area contributed by atoms with Gasteiger partial charge in [0.2, 0.25) is 0 Å². The molecular formula is C16H16ClNO. The van der Waals surface area contributed by atoms with E-state index in [1.165, 1.54) is 0 Å². The maximum Gasteiger partial charge on any atom is 0.251 e. The molecule has 2 nitrogen and oxygen atoms in total. The van der Waals surface area contributed by atoms with Gasteiger partial charge in [-0.3, -0.25) is 4.79 Å². The van der Waals surface area contributed by atoms with Crippen LogP contribution in [0.1, 0.15) is 27.0 Å². The first-order valence-electron chi connectivity index (χ1n) is 6.16. The zero-order valence-corrected chi connectivity index (χ0v) is 11.8. The molecule has 0 bridgehead atoms. The first kappa shape index (κ1) is 13.6. The molecule has 0 saturated heterocycles. The van der Waals surface area contributed by atoms with Crippen molar-refractivity contribution in [3.05, 3.63) is 69.7 Å². The van der Waals surface area contributed by atoms with E-state index >= 15 is 0 Å². The van der Waals surface area contributed by atoms with Crippen molar-refractivity contribution in [1.29, 1.82) is 0 Å². The highest BCUT2D eigenvalue weighted by molar-refractivity contribution is 6.31. The Kier molecular flexibility index (Phi) is 4.23. The lowest BCUT2D eigenvalue weighted by molar-refractivity contribution is 0.0951. The molecular weight excluding hydrogens is 258 g/mol. The van der Waals surface area contributed by atoms with Crippen LogP contribution in [-0.2, 0) is 6.54 Å². The van der Waals surface area contributed by atoms with Crippen molar-refractivity contribution in [2.45, 2.75) is 20.4 Å². The molecule has 0 saturated carbocycles. The zero-order valence-electron chi connectivity index (χ0n) is 11.0. The van der Waals surface area contributed by atoms with E-state index in [4.69, 9.17) is 11.6 Å². The smallest absolute Gasteiger partial charge is 0.251 e. The van der Waals surface area contributed by atoms with Gasteiger partial charge in [0.25, 0.3) is 5.91 Å². The molecule has 0 spiro atoms. The van der Waals surface area contributed by atoms with E-state index in [-0.39, 0.29) is 5.91 Å². The number of halogens is 1. The van der Waals surface area contributed by atoms with Crippen LogP contribution in [-0.4, -0.2) is 5.91 Å². The third kappa shape index (κ3) is 3.58. The van der Waals surface area contributed by atoms with Gasteiger partial charge < -0.3 is 5.32 Å². The average Bonchev–Trinajstić information content (AvgIpc) is 2.40. The quantitative estimate of drug-likeness (QED) is 0.903. The van der Waals surface area contributed by atoms with Crippen molar-refractivity contribution in [1.82, 2.24) is 5.32 Å². The second kappa shape index (κ2) is 5.89. The summed E-state index contributed by atoms with van der Waals surface area (Å²) >= 11 is 5.97. The van der Waals surface area contributed by atoms with Crippen LogP contribution in [0.4, 0.5) is 0 Å². The van der Waals surface area contributed by atoms with Gasteiger partial charge in [-0.1, -0.05) is 41.4 Å². The third-order valence-electron chi connectivity index (χ3n) is 2.96. The zero-order chi connectivity index (χ0) is 13.8. The Hall–Kier alpha value is -1.80. The van der Waals surface area contributed by atoms with Gasteiger partial charge >= 0.3 is 0 Å². The van der Waals surface area contributed by atoms with Gasteiger partial charge in [-0.05, 0) is 43.2 Å². The van der Waals surface area contributed by atoms with E-state index in [9.17, 15) is 4.79 Å². The van der Waals surface area contributed by atoms with Crippen LogP contribution < -0.4 is 5.32 Å². The highest BCUT2D eigenvalue weighted by Gasteiger charge is 2.05. The van der Waals surface area contributed by atoms with Gasteiger partial charge in [0.15, 0.2) is 0 Å². The molecule has 0 atom stereocenters. The second-order valence-electron chi connectivity index (χ2n) is 4.64. The summed E-state index contributed by atoms with van der Waals surface area (Å²) in [6.07, 6.45) is 0. The highest BCUT2D eigenvalue weighted by atomic mass is 35.5. The van der Waals surface area contributed by atoms with Gasteiger partial charge in [-0.2, -0.15) is 0 Å². The summed E-state index contributed by atoms with van der Waals surface area (Å²) in [5, 5.41) is 3.65. The SMILES string of the molecule is Cc1cccc(C(=O)NCc2ccc(Cl)c(C)c2)c1. The summed E-state index contributed by atoms with van der Waals surface area (Å²) in [6, 6.07) is 13.3. The number of aryl methyl sites for hydroxylation is 2. The Balaban J connectivity index is 2.02. The molecule has 0 heterocycles. The van der Waals surface area contributed by atoms with Gasteiger partial charge in [0.05, 0.1) is 0 Å². The van der Waals surface area contributed by atoms with E-state index < -0.39 is 0 Å². The summed E-state index contributed by atoms with van der Waals surface area (Å²) in [5.74, 6) is -0.0590. The van der Waals surface area contributed by atoms with Gasteiger partial charge in [-0.15, -0.1) is 0 Å². The maximum absolute atomic E-state index is 12.0. The summed E-state index contributed by atoms with van der Waals surface area (Å²) < 4.78 is 0. The van der Waals surface area contributed by atoms with Crippen LogP contribution in [0, 0.1) is 13.8 Å². The molecule has 3 heteroatoms. The summed E-state index contributed by atoms with van der Waals surface area (Å²) in [6.45, 7) is 4.43. The van der Waals surface area contributed by atoms with Gasteiger partial charge in [0.1, 0.15) is 0 Å². The molecule has 0 radical (unpaired) electrons. The second-order valence-corrected chi connectivity index (χ2v) is 5.04. The number of hydrogen-bond acceptors (Lipinski definition) is 1. The van der Waals surface area contributed by atoms with E-state index in [0.29, 0.717) is 12.1 Å². The van der Waals surface area contributed by atoms with E-state index in [0.717, 1.165) is 21.7 Å². The van der Waals surface area contributed by atoms with Gasteiger partial charge in [-0.25, -0.2) is 0 Å². The normalized spacial score (nSPS) is 10.3. The number of carbonyl (C=O) groups excluding carboxylic acids is 1. The van der Waals surface area contributed by atoms with E-state index in [2.05, 4.69) is 5.32 Å². The Morgan fingerprint density at radius 1 is 1.16 bits per heavy atom. The van der Waals surface area contributed by atoms with Crippen molar-refractivity contribution in [2.24, 2.45) is 0 Å². The first-order valence-corrected chi connectivity index (χ1v) is 6.54. The lowest BCUT2D eigenvalue weighted by Crippen LogP contribution is -2.22. The Morgan fingerprint density at radius 2 is 1.95 bits per heavy atom. The molecule has 2 aromatic carbocycles. The molecule has 0 aromatic heterocycles. The van der Waals surface area contributed by atoms with Crippen LogP contribution in [0.25, 0.3) is 0 Å². The van der Waals surface area contributed by atoms with E-state index in [1.807, 2.05) is 56.3 Å². The van der Waals surface area contributed by atoms with Gasteiger partial charge in [0, 0.05) is 17.1 Å². The largest absolute Gasteiger partial charge is 0.348 e. The number of nitrogens with one attached hydrogen (secondary N) is 1. The molecule has 0 aliphatic carbocycles. The van der Waals surface area contributed by atoms with Crippen LogP contribution in [0.15, 0.2) is 42.5 Å². The summed E-state index contributed by atoms with van der Waals surface area (Å²) in [7, 11) is 0. The average molecular weight is 274 g/mol. The Morgan fingerprint density at radius 3 is 2.63 bits per heavy atom. The minimum Gasteiger partial charge on any atom is -0.348 e. The minimum atomic E-state index is -0.0590. The van der Waals surface area contributed by atoms with Crippen molar-refractivity contribution in [2.75, 3.05) is 0 Å². The summed E-state index contributed by atoms with van der Waals surface area (Å²) in [5.41, 5.74) is 3.83. The number of carbonyl (C=O) groups is 1. The van der Waals surface area contributed by atoms with Crippen molar-refractivity contribution < 1.29 is 4.79 Å². The molecule has 0 aliphatic rings. The molecule has 2 rings (SSSR count). The topological polar surface area (TPSA) is 29.1 Å². The van der Waals surface area contributed by atoms with Crippen LogP contribution in [0.5, 0.6) is 0 Å². The van der Waals surface area contributed by atoms with Crippen molar-refractivity contribution in [3.8, 4) is 0 Å². The summed E-state index contributed by atoms with van der Waals surface area (Å²) in [4.78, 5) is 12.0. The molecule has 0 aliphatic heterocycles. The Bertz CT molecular complexity index is 607. The minimum absolute atomic E-state index is 0.0590. The molecule has 1 N–H and O–H groups in total. The van der Waals surface area contributed by atoms with Crippen molar-refractivity contribution >= 4 is 17.5 Å². The Labute approximate surface area is 118 Å². The first-order chi connectivity index (χ1) is 9.06. The van der Waals surface area contributed by atoms with Crippen LogP contribution >= 0.6 is 11.6 Å². The number of amides is 1. The number of rotatable bonds is 3. The predicted molar refractivity (Wildman–Crippen MR) is 78.5 cm³/mol. The molecule has 98 valence electrons. The lowest BCUT2D eigenvalue weighted by Gasteiger charge is -2.07. The fourth-order valence-corrected chi connectivity index (χ4v) is 2.01. The standard InChI is InChI=1S/C16H16ClNO/c1-11-4-3-5-14(8-11)16(19)18-10-13-6-7-15(17)12(2)9-13/h3-9H,10H2,1-2H3,(H,18,19). The lowest BCUT2D eigenvalue weighted by atomic mass is 10.1. The monoisotopic (exact) mass is 273 g/mol. The maximum atomic E-state index is 12.0. The highest BCUT2D eigenvalue weighted by Crippen LogP contribution is 2.16. The van der Waals surface area contributed by atoms with Crippen molar-refractivity contribution in [3.63, 3.8) is 0 Å². The third-order valence-corrected chi connectivity index (χ3v) is 3.38.